The minimum absolute atomic E-state index is 0.0226. The molecular formula is C83H101N17O15S. The van der Waals surface area contributed by atoms with Crippen LogP contribution in [0.5, 0.6) is 11.5 Å². The predicted molar refractivity (Wildman–Crippen MR) is 428 cm³/mol. The van der Waals surface area contributed by atoms with Crippen molar-refractivity contribution >= 4 is 90.7 Å². The van der Waals surface area contributed by atoms with Crippen LogP contribution in [0.2, 0.25) is 0 Å². The molecule has 6 aliphatic heterocycles. The molecule has 116 heavy (non-hydrogen) atoms. The van der Waals surface area contributed by atoms with Crippen molar-refractivity contribution < 1.29 is 70.9 Å². The number of carboxylic acids is 1. The maximum absolute atomic E-state index is 15.8. The van der Waals surface area contributed by atoms with E-state index in [0.29, 0.717) is 46.6 Å². The van der Waals surface area contributed by atoms with Crippen LogP contribution in [0.15, 0.2) is 146 Å². The van der Waals surface area contributed by atoms with Crippen LogP contribution in [-0.2, 0) is 96.9 Å². The van der Waals surface area contributed by atoms with Crippen molar-refractivity contribution in [2.75, 3.05) is 27.2 Å². The van der Waals surface area contributed by atoms with Gasteiger partial charge in [-0.3, -0.25) is 47.9 Å². The van der Waals surface area contributed by atoms with E-state index in [1.165, 1.54) is 19.2 Å². The number of aliphatic carboxylic acids is 1. The molecule has 8 bridgehead atoms. The summed E-state index contributed by atoms with van der Waals surface area (Å²) in [7, 11) is -0.997. The fraction of sp³-hybridized carbons (Fsp3) is 0.446. The van der Waals surface area contributed by atoms with Gasteiger partial charge in [-0.15, -0.1) is 10.2 Å². The van der Waals surface area contributed by atoms with Gasteiger partial charge < -0.3 is 66.9 Å². The van der Waals surface area contributed by atoms with Gasteiger partial charge >= 0.3 is 5.97 Å². The molecule has 8 aromatic rings. The Balaban J connectivity index is 0.908. The Morgan fingerprint density at radius 3 is 1.31 bits per heavy atom. The number of nitrogens with one attached hydrogen (secondary N) is 9. The molecule has 9 amide bonds. The first-order chi connectivity index (χ1) is 55.2. The first-order valence-corrected chi connectivity index (χ1v) is 40.5. The fourth-order valence-electron chi connectivity index (χ4n) is 14.7. The van der Waals surface area contributed by atoms with E-state index < -0.39 is 158 Å². The van der Waals surface area contributed by atoms with Crippen LogP contribution < -0.4 is 56.7 Å². The number of ether oxygens (including phenoxy) is 2. The second-order valence-corrected chi connectivity index (χ2v) is 34.5. The largest absolute Gasteiger partial charge is 0.487 e. The van der Waals surface area contributed by atoms with E-state index in [2.05, 4.69) is 67.9 Å². The maximum Gasteiger partial charge on any atom is 0.326 e. The summed E-state index contributed by atoms with van der Waals surface area (Å²) in [6, 6.07) is 24.3. The molecule has 1 aliphatic carbocycles. The maximum atomic E-state index is 15.8. The normalized spacial score (nSPS) is 21.9. The molecule has 0 spiro atoms. The molecule has 10 N–H and O–H groups in total. The summed E-state index contributed by atoms with van der Waals surface area (Å²) in [4.78, 5) is 151. The summed E-state index contributed by atoms with van der Waals surface area (Å²) in [5.74, 6) is -7.33. The van der Waals surface area contributed by atoms with Crippen molar-refractivity contribution in [1.82, 2.24) is 87.0 Å². The van der Waals surface area contributed by atoms with Crippen LogP contribution in [0.3, 0.4) is 0 Å². The highest BCUT2D eigenvalue weighted by atomic mass is 32.2. The quantitative estimate of drug-likeness (QED) is 0.0657. The number of carbonyl (C=O) groups is 10. The number of carbonyl (C=O) groups excluding carboxylic acids is 9. The lowest BCUT2D eigenvalue weighted by atomic mass is 9.85. The van der Waals surface area contributed by atoms with E-state index in [-0.39, 0.29) is 76.2 Å². The van der Waals surface area contributed by atoms with E-state index in [4.69, 9.17) is 9.47 Å². The number of aromatic nitrogens is 6. The van der Waals surface area contributed by atoms with Crippen LogP contribution in [-0.4, -0.2) is 205 Å². The number of likely N-dealkylation sites (tertiary alicyclic amines) is 2. The summed E-state index contributed by atoms with van der Waals surface area (Å²) in [5, 5.41) is 54.2. The van der Waals surface area contributed by atoms with Crippen molar-refractivity contribution in [3.8, 4) is 11.5 Å². The minimum Gasteiger partial charge on any atom is -0.487 e. The molecule has 7 aliphatic rings. The predicted octanol–water partition coefficient (Wildman–Crippen LogP) is 3.81. The Hall–Kier alpha value is -11.7. The minimum atomic E-state index is -4.20. The zero-order valence-corrected chi connectivity index (χ0v) is 67.3. The summed E-state index contributed by atoms with van der Waals surface area (Å²) < 4.78 is 44.7. The summed E-state index contributed by atoms with van der Waals surface area (Å²) in [6.07, 6.45) is 3.17. The van der Waals surface area contributed by atoms with Gasteiger partial charge in [-0.05, 0) is 133 Å². The zero-order valence-electron chi connectivity index (χ0n) is 66.5. The van der Waals surface area contributed by atoms with Gasteiger partial charge in [0.15, 0.2) is 0 Å². The average molecular weight is 1610 g/mol. The average Bonchev–Trinajstić information content (AvgIpc) is 1.63. The van der Waals surface area contributed by atoms with Crippen molar-refractivity contribution in [3.05, 3.63) is 179 Å². The molecule has 8 heterocycles. The van der Waals surface area contributed by atoms with Crippen molar-refractivity contribution in [2.24, 2.45) is 10.8 Å². The number of amides is 9. The van der Waals surface area contributed by atoms with Crippen molar-refractivity contribution in [2.45, 2.75) is 198 Å². The van der Waals surface area contributed by atoms with E-state index in [1.807, 2.05) is 72.8 Å². The van der Waals surface area contributed by atoms with Gasteiger partial charge in [0.2, 0.25) is 57.3 Å². The van der Waals surface area contributed by atoms with E-state index in [0.717, 1.165) is 21.5 Å². The molecule has 6 aromatic carbocycles. The first-order valence-electron chi connectivity index (χ1n) is 39.0. The SMILES string of the molecule is CN[C@@H](C)C(=O)N[C@H](C(=O)N1CC[C@@H]2[C@H]1C(=O)N[C@@H](Cc1ccc3ccccc3c1)C(=O)N[C@H](C(=O)O)Cc1ccc(cc1)OCc1cn(nn1)[C@@H]1CCN(C(=O)[C@@H](NC(=O)[C@H](C)NC)C(C)(C)C)[C@@H]1C(=O)N[C@@H](Cc1ccc3ccccc3c1)C(=O)N[C@H](C(=O)NS(=O)(=O)C1CC1)Cc1ccc(cc1)OCc1cn2nn1)C(C)(C)C. The second-order valence-electron chi connectivity index (χ2n) is 32.5. The Bertz CT molecular complexity index is 5100. The third-order valence-corrected chi connectivity index (χ3v) is 23.6. The van der Waals surface area contributed by atoms with Gasteiger partial charge in [-0.1, -0.05) is 161 Å². The molecule has 0 radical (unpaired) electrons. The summed E-state index contributed by atoms with van der Waals surface area (Å²) in [5.41, 5.74) is 0.815. The molecular weight excluding hydrogens is 1510 g/mol. The Morgan fingerprint density at radius 2 is 0.922 bits per heavy atom. The summed E-state index contributed by atoms with van der Waals surface area (Å²) >= 11 is 0. The molecule has 2 aromatic heterocycles. The van der Waals surface area contributed by atoms with Gasteiger partial charge in [-0.25, -0.2) is 22.6 Å². The highest BCUT2D eigenvalue weighted by Crippen LogP contribution is 2.36. The number of hydrogen-bond acceptors (Lipinski definition) is 20. The molecule has 0 unspecified atom stereocenters. The summed E-state index contributed by atoms with van der Waals surface area (Å²) in [6.45, 7) is 13.5. The monoisotopic (exact) mass is 1610 g/mol. The lowest BCUT2D eigenvalue weighted by Gasteiger charge is -2.37. The topological polar surface area (TPSA) is 420 Å². The molecule has 15 rings (SSSR count). The number of benzene rings is 6. The Labute approximate surface area is 672 Å². The number of sulfonamides is 1. The molecule has 32 nitrogen and oxygen atoms in total. The molecule has 3 fully saturated rings. The van der Waals surface area contributed by atoms with Crippen LogP contribution in [0, 0.1) is 10.8 Å². The van der Waals surface area contributed by atoms with Crippen LogP contribution >= 0.6 is 0 Å². The van der Waals surface area contributed by atoms with Gasteiger partial charge in [0.1, 0.15) is 84.4 Å². The Kier molecular flexibility index (Phi) is 25.7. The van der Waals surface area contributed by atoms with Gasteiger partial charge in [-0.2, -0.15) is 0 Å². The smallest absolute Gasteiger partial charge is 0.326 e. The van der Waals surface area contributed by atoms with E-state index >= 15 is 28.8 Å². The second kappa shape index (κ2) is 35.6. The first kappa shape index (κ1) is 83.7. The van der Waals surface area contributed by atoms with Gasteiger partial charge in [0.05, 0.1) is 41.8 Å². The third-order valence-electron chi connectivity index (χ3n) is 21.8. The standard InChI is InChI=1S/C83H101N17O15S/c1-47(84-9)72(101)90-70(82(3,4)5)79(108)97-35-33-66-68(97)77(106)87-62(41-51-19-25-53-15-11-13-17-55(53)37-51)74(103)86-64(76(105)94-116(112,113)61-31-32-61)39-49-21-27-59(28-22-49)114-45-57-43-100(96-92-57)67-34-36-98(80(109)71(83(6,7)8)91-73(102)48(2)85-10)69(67)78(107)88-63(42-52-20-26-54-16-12-14-18-56(54)38-52)75(104)89-65(81(110)111)40-50-23-29-60(30-24-50)115-46-58-44-99(66)95-93-58/h11-30,37-38,43-44,47-48,61-71,84-85H,31-36,39-42,45-46H2,1-10H3,(H,86,103)(H,87,106)(H,88,107)(H,89,104)(H,90,101)(H,91,102)(H,94,105)(H,110,111)/t47-,48-,62-,63-,64-,65-,66+,67+,68-,69-,70+,71+/m0/s1. The number of likely N-dealkylation sites (N-methyl/N-ethyl adjacent to an activating group) is 2. The Morgan fingerprint density at radius 1 is 0.526 bits per heavy atom. The number of carboxylic acid groups (broad SMARTS) is 1. The van der Waals surface area contributed by atoms with Crippen LogP contribution in [0.4, 0.5) is 0 Å². The van der Waals surface area contributed by atoms with Crippen LogP contribution in [0.25, 0.3) is 21.5 Å². The van der Waals surface area contributed by atoms with Gasteiger partial charge in [0, 0.05) is 38.8 Å². The van der Waals surface area contributed by atoms with Crippen molar-refractivity contribution in [3.63, 3.8) is 0 Å². The van der Waals surface area contributed by atoms with Crippen molar-refractivity contribution in [1.29, 1.82) is 0 Å². The fourth-order valence-corrected chi connectivity index (χ4v) is 16.1. The van der Waals surface area contributed by atoms with Crippen LogP contribution in [0.1, 0.15) is 127 Å². The number of rotatable bonds is 16. The lowest BCUT2D eigenvalue weighted by molar-refractivity contribution is -0.145. The molecule has 12 atom stereocenters. The number of hydrogen-bond donors (Lipinski definition) is 10. The lowest BCUT2D eigenvalue weighted by Crippen LogP contribution is -2.62. The molecule has 33 heteroatoms. The molecule has 2 saturated heterocycles. The highest BCUT2D eigenvalue weighted by Gasteiger charge is 2.51. The number of nitrogens with zero attached hydrogens (tertiary/aromatic N) is 8. The molecule has 1 saturated carbocycles. The number of fused-ring (bicyclic) bond motifs is 2. The molecule has 614 valence electrons. The highest BCUT2D eigenvalue weighted by molar-refractivity contribution is 7.91. The zero-order chi connectivity index (χ0) is 83.1. The van der Waals surface area contributed by atoms with E-state index in [9.17, 15) is 32.7 Å². The van der Waals surface area contributed by atoms with Gasteiger partial charge in [0.25, 0.3) is 5.91 Å². The third kappa shape index (κ3) is 20.1. The van der Waals surface area contributed by atoms with E-state index in [1.54, 1.807) is 143 Å².